The summed E-state index contributed by atoms with van der Waals surface area (Å²) in [6.07, 6.45) is 0. The molecule has 4 nitrogen and oxygen atoms in total. The Morgan fingerprint density at radius 3 is 2.80 bits per heavy atom. The van der Waals surface area contributed by atoms with Crippen molar-refractivity contribution in [3.8, 4) is 11.6 Å². The fourth-order valence-electron chi connectivity index (χ4n) is 1.50. The molecule has 3 N–H and O–H groups in total. The van der Waals surface area contributed by atoms with E-state index >= 15 is 0 Å². The number of nitrogen functional groups attached to an aromatic ring is 1. The number of nitrogens with zero attached hydrogens (tertiary/aromatic N) is 1. The third-order valence-corrected chi connectivity index (χ3v) is 3.38. The second kappa shape index (κ2) is 5.76. The molecule has 2 rings (SSSR count). The number of aromatic nitrogens is 1. The van der Waals surface area contributed by atoms with Crippen molar-refractivity contribution < 1.29 is 9.13 Å². The van der Waals surface area contributed by atoms with E-state index < -0.39 is 5.82 Å². The summed E-state index contributed by atoms with van der Waals surface area (Å²) in [6, 6.07) is 5.86. The molecule has 0 spiro atoms. The average Bonchev–Trinajstić information content (AvgIpc) is 2.35. The molecule has 1 heterocycles. The van der Waals surface area contributed by atoms with Gasteiger partial charge in [0.1, 0.15) is 17.4 Å². The Bertz CT molecular complexity index is 694. The number of benzene rings is 1. The summed E-state index contributed by atoms with van der Waals surface area (Å²) < 4.78 is 19.5. The van der Waals surface area contributed by atoms with Gasteiger partial charge < -0.3 is 10.5 Å². The Kier molecular flexibility index (Phi) is 4.25. The van der Waals surface area contributed by atoms with Gasteiger partial charge in [-0.2, -0.15) is 0 Å². The first kappa shape index (κ1) is 14.7. The number of nitrogens with one attached hydrogen (secondary N) is 1. The van der Waals surface area contributed by atoms with Crippen molar-refractivity contribution in [3.05, 3.63) is 50.8 Å². The maximum atomic E-state index is 13.5. The van der Waals surface area contributed by atoms with Gasteiger partial charge >= 0.3 is 0 Å². The molecule has 104 valence electrons. The molecule has 2 aromatic rings. The number of pyridine rings is 1. The fourth-order valence-corrected chi connectivity index (χ4v) is 2.22. The van der Waals surface area contributed by atoms with Gasteiger partial charge in [-0.05, 0) is 41.1 Å². The lowest BCUT2D eigenvalue weighted by molar-refractivity contribution is 0.453. The fraction of sp³-hybridized carbons (Fsp3) is 0.0769. The van der Waals surface area contributed by atoms with Gasteiger partial charge in [-0.25, -0.2) is 9.37 Å². The summed E-state index contributed by atoms with van der Waals surface area (Å²) in [5.41, 5.74) is 6.49. The van der Waals surface area contributed by atoms with Gasteiger partial charge in [0.15, 0.2) is 0 Å². The molecule has 0 bridgehead atoms. The van der Waals surface area contributed by atoms with E-state index in [9.17, 15) is 4.39 Å². The highest BCUT2D eigenvalue weighted by atomic mass is 79.9. The van der Waals surface area contributed by atoms with Crippen LogP contribution in [0.5, 0.6) is 11.6 Å². The van der Waals surface area contributed by atoms with Crippen LogP contribution >= 0.6 is 27.5 Å². The highest BCUT2D eigenvalue weighted by molar-refractivity contribution is 9.10. The average molecular weight is 359 g/mol. The van der Waals surface area contributed by atoms with E-state index in [2.05, 4.69) is 20.9 Å². The van der Waals surface area contributed by atoms with Crippen molar-refractivity contribution in [1.29, 1.82) is 5.41 Å². The molecule has 0 radical (unpaired) electrons. The van der Waals surface area contributed by atoms with Gasteiger partial charge in [0.25, 0.3) is 0 Å². The highest BCUT2D eigenvalue weighted by Crippen LogP contribution is 2.34. The number of rotatable bonds is 3. The minimum Gasteiger partial charge on any atom is -0.437 e. The van der Waals surface area contributed by atoms with Crippen molar-refractivity contribution in [2.24, 2.45) is 5.73 Å². The van der Waals surface area contributed by atoms with E-state index in [4.69, 9.17) is 27.5 Å². The number of ether oxygens (including phenoxy) is 1. The standard InChI is InChI=1S/C13H10BrClFN3O/c1-6-2-3-7(12(17)18)13(19-6)20-11-5-10(16)9(15)4-8(11)14/h2-5H,1H3,(H3,17,18). The first-order chi connectivity index (χ1) is 9.38. The minimum absolute atomic E-state index is 0.0202. The Hall–Kier alpha value is -1.66. The Morgan fingerprint density at radius 2 is 2.15 bits per heavy atom. The molecule has 0 aliphatic carbocycles. The molecular weight excluding hydrogens is 349 g/mol. The van der Waals surface area contributed by atoms with E-state index in [1.165, 1.54) is 6.07 Å². The van der Waals surface area contributed by atoms with Crippen LogP contribution < -0.4 is 10.5 Å². The van der Waals surface area contributed by atoms with E-state index in [1.807, 2.05) is 0 Å². The first-order valence-electron chi connectivity index (χ1n) is 5.53. The molecular formula is C13H10BrClFN3O. The van der Waals surface area contributed by atoms with E-state index in [0.717, 1.165) is 6.07 Å². The van der Waals surface area contributed by atoms with Gasteiger partial charge in [-0.15, -0.1) is 0 Å². The lowest BCUT2D eigenvalue weighted by Gasteiger charge is -2.11. The molecule has 7 heteroatoms. The summed E-state index contributed by atoms with van der Waals surface area (Å²) in [5, 5.41) is 7.47. The van der Waals surface area contributed by atoms with Gasteiger partial charge in [0.05, 0.1) is 15.1 Å². The van der Waals surface area contributed by atoms with Gasteiger partial charge in [-0.3, -0.25) is 5.41 Å². The first-order valence-corrected chi connectivity index (χ1v) is 6.70. The maximum absolute atomic E-state index is 13.5. The molecule has 0 fully saturated rings. The molecule has 20 heavy (non-hydrogen) atoms. The molecule has 0 saturated carbocycles. The van der Waals surface area contributed by atoms with Crippen LogP contribution in [-0.4, -0.2) is 10.8 Å². The number of hydrogen-bond acceptors (Lipinski definition) is 3. The lowest BCUT2D eigenvalue weighted by atomic mass is 10.2. The minimum atomic E-state index is -0.609. The van der Waals surface area contributed by atoms with Crippen LogP contribution in [0.4, 0.5) is 4.39 Å². The van der Waals surface area contributed by atoms with Crippen molar-refractivity contribution in [3.63, 3.8) is 0 Å². The topological polar surface area (TPSA) is 72.0 Å². The van der Waals surface area contributed by atoms with Crippen LogP contribution in [0, 0.1) is 18.2 Å². The highest BCUT2D eigenvalue weighted by Gasteiger charge is 2.14. The van der Waals surface area contributed by atoms with E-state index in [-0.39, 0.29) is 22.5 Å². The van der Waals surface area contributed by atoms with E-state index in [0.29, 0.717) is 15.7 Å². The zero-order valence-electron chi connectivity index (χ0n) is 10.4. The molecule has 1 aromatic heterocycles. The van der Waals surface area contributed by atoms with Crippen LogP contribution in [0.25, 0.3) is 0 Å². The molecule has 0 aliphatic rings. The summed E-state index contributed by atoms with van der Waals surface area (Å²) in [5.74, 6) is -0.452. The van der Waals surface area contributed by atoms with Gasteiger partial charge in [0, 0.05) is 11.8 Å². The lowest BCUT2D eigenvalue weighted by Crippen LogP contribution is -2.13. The summed E-state index contributed by atoms with van der Waals surface area (Å²) in [7, 11) is 0. The van der Waals surface area contributed by atoms with Crippen LogP contribution in [0.2, 0.25) is 5.02 Å². The monoisotopic (exact) mass is 357 g/mol. The predicted octanol–water partition coefficient (Wildman–Crippen LogP) is 4.02. The third-order valence-electron chi connectivity index (χ3n) is 2.47. The maximum Gasteiger partial charge on any atom is 0.230 e. The van der Waals surface area contributed by atoms with Crippen molar-refractivity contribution in [2.75, 3.05) is 0 Å². The van der Waals surface area contributed by atoms with Crippen LogP contribution in [0.15, 0.2) is 28.7 Å². The van der Waals surface area contributed by atoms with Gasteiger partial charge in [-0.1, -0.05) is 11.6 Å². The second-order valence-electron chi connectivity index (χ2n) is 4.02. The molecule has 0 atom stereocenters. The number of nitrogens with two attached hydrogens (primary N) is 1. The zero-order valence-corrected chi connectivity index (χ0v) is 12.7. The SMILES string of the molecule is Cc1ccc(C(=N)N)c(Oc2cc(F)c(Cl)cc2Br)n1. The van der Waals surface area contributed by atoms with Crippen LogP contribution in [0.1, 0.15) is 11.3 Å². The smallest absolute Gasteiger partial charge is 0.230 e. The molecule has 0 aliphatic heterocycles. The largest absolute Gasteiger partial charge is 0.437 e. The van der Waals surface area contributed by atoms with E-state index in [1.54, 1.807) is 19.1 Å². The molecule has 0 amide bonds. The quantitative estimate of drug-likeness (QED) is 0.494. The number of halogens is 3. The van der Waals surface area contributed by atoms with Gasteiger partial charge in [0.2, 0.25) is 5.88 Å². The third kappa shape index (κ3) is 3.08. The predicted molar refractivity (Wildman–Crippen MR) is 79.2 cm³/mol. The number of aryl methyl sites for hydroxylation is 1. The van der Waals surface area contributed by atoms with Crippen molar-refractivity contribution >= 4 is 33.4 Å². The van der Waals surface area contributed by atoms with Crippen LogP contribution in [0.3, 0.4) is 0 Å². The molecule has 0 unspecified atom stereocenters. The van der Waals surface area contributed by atoms with Crippen molar-refractivity contribution in [2.45, 2.75) is 6.92 Å². The Balaban J connectivity index is 2.47. The number of amidine groups is 1. The second-order valence-corrected chi connectivity index (χ2v) is 5.28. The summed E-state index contributed by atoms with van der Waals surface area (Å²) in [6.45, 7) is 1.77. The van der Waals surface area contributed by atoms with Crippen LogP contribution in [-0.2, 0) is 0 Å². The number of hydrogen-bond donors (Lipinski definition) is 2. The summed E-state index contributed by atoms with van der Waals surface area (Å²) >= 11 is 8.90. The zero-order chi connectivity index (χ0) is 14.9. The Labute approximate surface area is 128 Å². The summed E-state index contributed by atoms with van der Waals surface area (Å²) in [4.78, 5) is 4.16. The Morgan fingerprint density at radius 1 is 1.45 bits per heavy atom. The normalized spacial score (nSPS) is 10.4. The molecule has 0 saturated heterocycles. The van der Waals surface area contributed by atoms with Crippen molar-refractivity contribution in [1.82, 2.24) is 4.98 Å². The molecule has 1 aromatic carbocycles.